The Hall–Kier alpha value is -1.67. The van der Waals surface area contributed by atoms with Crippen LogP contribution in [0.25, 0.3) is 0 Å². The molecule has 78 valence electrons. The van der Waals surface area contributed by atoms with Gasteiger partial charge in [0.1, 0.15) is 11.8 Å². The van der Waals surface area contributed by atoms with Crippen LogP contribution in [0.15, 0.2) is 12.3 Å². The van der Waals surface area contributed by atoms with E-state index < -0.39 is 0 Å². The van der Waals surface area contributed by atoms with Crippen molar-refractivity contribution < 1.29 is 5.11 Å². The highest BCUT2D eigenvalue weighted by Gasteiger charge is 2.29. The van der Waals surface area contributed by atoms with Crippen LogP contribution >= 0.6 is 0 Å². The van der Waals surface area contributed by atoms with Gasteiger partial charge in [0.05, 0.1) is 6.10 Å². The molecule has 1 unspecified atom stereocenters. The number of anilines is 1. The molecular weight excluding hydrogens is 192 g/mol. The van der Waals surface area contributed by atoms with Crippen molar-refractivity contribution in [3.05, 3.63) is 18.0 Å². The first kappa shape index (κ1) is 9.87. The molecule has 0 aliphatic heterocycles. The maximum Gasteiger partial charge on any atom is 0.223 e. The minimum atomic E-state index is -0.334. The van der Waals surface area contributed by atoms with Crippen LogP contribution in [0.2, 0.25) is 0 Å². The van der Waals surface area contributed by atoms with Gasteiger partial charge in [-0.2, -0.15) is 5.26 Å². The zero-order valence-corrected chi connectivity index (χ0v) is 8.22. The molecule has 1 aromatic heterocycles. The normalized spacial score (nSPS) is 16.8. The van der Waals surface area contributed by atoms with Crippen molar-refractivity contribution in [2.45, 2.75) is 18.9 Å². The fourth-order valence-electron chi connectivity index (χ4n) is 1.35. The number of nitriles is 1. The highest BCUT2D eigenvalue weighted by Crippen LogP contribution is 2.32. The number of aliphatic hydroxyl groups is 1. The van der Waals surface area contributed by atoms with Gasteiger partial charge in [-0.1, -0.05) is 0 Å². The number of nitrogens with one attached hydrogen (secondary N) is 1. The van der Waals surface area contributed by atoms with E-state index in [1.165, 1.54) is 6.20 Å². The summed E-state index contributed by atoms with van der Waals surface area (Å²) in [6, 6.07) is 3.48. The number of nitrogens with zero attached hydrogens (tertiary/aromatic N) is 3. The quantitative estimate of drug-likeness (QED) is 0.747. The number of rotatable bonds is 4. The minimum absolute atomic E-state index is 0.327. The van der Waals surface area contributed by atoms with Gasteiger partial charge in [0.15, 0.2) is 0 Å². The van der Waals surface area contributed by atoms with Crippen LogP contribution in [-0.2, 0) is 0 Å². The molecule has 0 aromatic carbocycles. The first-order valence-corrected chi connectivity index (χ1v) is 4.94. The molecule has 1 aliphatic carbocycles. The van der Waals surface area contributed by atoms with Gasteiger partial charge < -0.3 is 10.4 Å². The number of hydrogen-bond acceptors (Lipinski definition) is 5. The van der Waals surface area contributed by atoms with Crippen molar-refractivity contribution >= 4 is 5.95 Å². The lowest BCUT2D eigenvalue weighted by Gasteiger charge is -2.09. The molecule has 0 bridgehead atoms. The Morgan fingerprint density at radius 1 is 1.67 bits per heavy atom. The first-order chi connectivity index (χ1) is 7.29. The maximum atomic E-state index is 9.59. The lowest BCUT2D eigenvalue weighted by molar-refractivity contribution is 0.164. The molecule has 1 fully saturated rings. The summed E-state index contributed by atoms with van der Waals surface area (Å²) in [5.41, 5.74) is 0.327. The van der Waals surface area contributed by atoms with Gasteiger partial charge >= 0.3 is 0 Å². The number of aromatic nitrogens is 2. The average Bonchev–Trinajstić information content (AvgIpc) is 3.10. The van der Waals surface area contributed by atoms with E-state index in [2.05, 4.69) is 15.3 Å². The SMILES string of the molecule is N#Cc1ccnc(NCC(O)C2CC2)n1. The zero-order chi connectivity index (χ0) is 10.7. The van der Waals surface area contributed by atoms with Crippen molar-refractivity contribution in [3.63, 3.8) is 0 Å². The van der Waals surface area contributed by atoms with Crippen LogP contribution in [0.5, 0.6) is 0 Å². The number of hydrogen-bond donors (Lipinski definition) is 2. The molecule has 1 aliphatic rings. The summed E-state index contributed by atoms with van der Waals surface area (Å²) in [6.07, 6.45) is 3.39. The van der Waals surface area contributed by atoms with Gasteiger partial charge in [0.2, 0.25) is 5.95 Å². The largest absolute Gasteiger partial charge is 0.391 e. The summed E-state index contributed by atoms with van der Waals surface area (Å²) in [4.78, 5) is 7.90. The molecule has 2 N–H and O–H groups in total. The Morgan fingerprint density at radius 2 is 2.47 bits per heavy atom. The van der Waals surface area contributed by atoms with E-state index in [1.807, 2.05) is 6.07 Å². The van der Waals surface area contributed by atoms with Gasteiger partial charge in [0, 0.05) is 12.7 Å². The fourth-order valence-corrected chi connectivity index (χ4v) is 1.35. The van der Waals surface area contributed by atoms with Gasteiger partial charge in [-0.15, -0.1) is 0 Å². The third-order valence-corrected chi connectivity index (χ3v) is 2.41. The summed E-state index contributed by atoms with van der Waals surface area (Å²) < 4.78 is 0. The molecule has 0 amide bonds. The summed E-state index contributed by atoms with van der Waals surface area (Å²) in [6.45, 7) is 0.444. The molecule has 5 nitrogen and oxygen atoms in total. The lowest BCUT2D eigenvalue weighted by atomic mass is 10.2. The second-order valence-electron chi connectivity index (χ2n) is 3.66. The molecular formula is C10H12N4O. The van der Waals surface area contributed by atoms with E-state index in [9.17, 15) is 5.11 Å². The highest BCUT2D eigenvalue weighted by molar-refractivity contribution is 5.30. The third-order valence-electron chi connectivity index (χ3n) is 2.41. The second-order valence-corrected chi connectivity index (χ2v) is 3.66. The Balaban J connectivity index is 1.89. The van der Waals surface area contributed by atoms with Crippen LogP contribution in [0.1, 0.15) is 18.5 Å². The van der Waals surface area contributed by atoms with E-state index in [0.29, 0.717) is 24.1 Å². The Morgan fingerprint density at radius 3 is 3.13 bits per heavy atom. The van der Waals surface area contributed by atoms with E-state index in [1.54, 1.807) is 6.07 Å². The molecule has 1 atom stereocenters. The summed E-state index contributed by atoms with van der Waals surface area (Å²) in [7, 11) is 0. The van der Waals surface area contributed by atoms with Crippen LogP contribution in [-0.4, -0.2) is 27.7 Å². The monoisotopic (exact) mass is 204 g/mol. The first-order valence-electron chi connectivity index (χ1n) is 4.94. The molecule has 0 saturated heterocycles. The summed E-state index contributed by atoms with van der Waals surface area (Å²) in [5, 5.41) is 21.1. The fraction of sp³-hybridized carbons (Fsp3) is 0.500. The van der Waals surface area contributed by atoms with Gasteiger partial charge in [-0.25, -0.2) is 9.97 Å². The Labute approximate surface area is 87.8 Å². The highest BCUT2D eigenvalue weighted by atomic mass is 16.3. The lowest BCUT2D eigenvalue weighted by Crippen LogP contribution is -2.22. The van der Waals surface area contributed by atoms with E-state index in [4.69, 9.17) is 5.26 Å². The predicted molar refractivity (Wildman–Crippen MR) is 54.0 cm³/mol. The molecule has 0 radical (unpaired) electrons. The smallest absolute Gasteiger partial charge is 0.223 e. The van der Waals surface area contributed by atoms with Crippen molar-refractivity contribution in [1.82, 2.24) is 9.97 Å². The Kier molecular flexibility index (Phi) is 2.79. The molecule has 2 rings (SSSR count). The van der Waals surface area contributed by atoms with Gasteiger partial charge in [-0.05, 0) is 24.8 Å². The van der Waals surface area contributed by atoms with E-state index in [-0.39, 0.29) is 6.10 Å². The van der Waals surface area contributed by atoms with Crippen molar-refractivity contribution in [1.29, 1.82) is 5.26 Å². The number of aliphatic hydroxyl groups excluding tert-OH is 1. The summed E-state index contributed by atoms with van der Waals surface area (Å²) >= 11 is 0. The molecule has 1 heterocycles. The van der Waals surface area contributed by atoms with E-state index in [0.717, 1.165) is 12.8 Å². The van der Waals surface area contributed by atoms with Crippen LogP contribution < -0.4 is 5.32 Å². The molecule has 0 spiro atoms. The maximum absolute atomic E-state index is 9.59. The van der Waals surface area contributed by atoms with Gasteiger partial charge in [-0.3, -0.25) is 0 Å². The molecule has 15 heavy (non-hydrogen) atoms. The minimum Gasteiger partial charge on any atom is -0.391 e. The van der Waals surface area contributed by atoms with Crippen LogP contribution in [0.4, 0.5) is 5.95 Å². The third kappa shape index (κ3) is 2.64. The Bertz CT molecular complexity index is 383. The standard InChI is InChI=1S/C10H12N4O/c11-5-8-3-4-12-10(14-8)13-6-9(15)7-1-2-7/h3-4,7,9,15H,1-2,6H2,(H,12,13,14). The van der Waals surface area contributed by atoms with Crippen molar-refractivity contribution in [2.75, 3.05) is 11.9 Å². The predicted octanol–water partition coefficient (Wildman–Crippen LogP) is 0.531. The topological polar surface area (TPSA) is 81.8 Å². The van der Waals surface area contributed by atoms with Crippen molar-refractivity contribution in [2.24, 2.45) is 5.92 Å². The average molecular weight is 204 g/mol. The van der Waals surface area contributed by atoms with E-state index >= 15 is 0 Å². The van der Waals surface area contributed by atoms with Crippen LogP contribution in [0, 0.1) is 17.2 Å². The zero-order valence-electron chi connectivity index (χ0n) is 8.22. The molecule has 5 heteroatoms. The second kappa shape index (κ2) is 4.24. The molecule has 1 saturated carbocycles. The molecule has 1 aromatic rings. The van der Waals surface area contributed by atoms with Crippen molar-refractivity contribution in [3.8, 4) is 6.07 Å². The van der Waals surface area contributed by atoms with Crippen LogP contribution in [0.3, 0.4) is 0 Å². The van der Waals surface area contributed by atoms with Gasteiger partial charge in [0.25, 0.3) is 0 Å². The summed E-state index contributed by atoms with van der Waals surface area (Å²) in [5.74, 6) is 0.824.